The lowest BCUT2D eigenvalue weighted by molar-refractivity contribution is 0.230. The van der Waals surface area contributed by atoms with Crippen LogP contribution in [0.5, 0.6) is 0 Å². The summed E-state index contributed by atoms with van der Waals surface area (Å²) in [7, 11) is 1.99. The Balaban J connectivity index is 2.22. The number of ether oxygens (including phenoxy) is 1. The number of rotatable bonds is 8. The number of terminal acetylenes is 1. The average molecular weight is 283 g/mol. The predicted molar refractivity (Wildman–Crippen MR) is 90.7 cm³/mol. The molecule has 0 aromatic heterocycles. The van der Waals surface area contributed by atoms with Crippen LogP contribution in [-0.2, 0) is 4.74 Å². The second-order valence-corrected chi connectivity index (χ2v) is 5.25. The molecule has 1 aliphatic carbocycles. The Kier molecular flexibility index (Phi) is 8.01. The van der Waals surface area contributed by atoms with Gasteiger partial charge in [0.1, 0.15) is 5.76 Å². The summed E-state index contributed by atoms with van der Waals surface area (Å²) < 4.78 is 5.72. The van der Waals surface area contributed by atoms with E-state index in [1.54, 1.807) is 0 Å². The zero-order valence-corrected chi connectivity index (χ0v) is 13.1. The van der Waals surface area contributed by atoms with E-state index in [1.807, 2.05) is 31.4 Å². The number of allylic oxidation sites excluding steroid dienone is 5. The maximum Gasteiger partial charge on any atom is 0.118 e. The van der Waals surface area contributed by atoms with Crippen LogP contribution >= 0.6 is 0 Å². The molecule has 0 amide bonds. The van der Waals surface area contributed by atoms with E-state index < -0.39 is 0 Å². The van der Waals surface area contributed by atoms with Crippen LogP contribution in [0.1, 0.15) is 13.3 Å². The molecule has 1 aliphatic rings. The van der Waals surface area contributed by atoms with Gasteiger partial charge in [-0.25, -0.2) is 0 Å². The number of likely N-dealkylation sites (N-methyl/N-ethyl adjacent to an activating group) is 1. The Morgan fingerprint density at radius 1 is 1.52 bits per heavy atom. The summed E-state index contributed by atoms with van der Waals surface area (Å²) in [4.78, 5) is 2.05. The molecule has 0 saturated carbocycles. The van der Waals surface area contributed by atoms with E-state index in [9.17, 15) is 0 Å². The third-order valence-electron chi connectivity index (χ3n) is 2.98. The molecule has 0 aromatic carbocycles. The molecule has 0 radical (unpaired) electrons. The third-order valence-corrected chi connectivity index (χ3v) is 2.98. The molecular weight excluding hydrogens is 258 g/mol. The highest BCUT2D eigenvalue weighted by Crippen LogP contribution is 2.10. The lowest BCUT2D eigenvalue weighted by Gasteiger charge is -2.12. The van der Waals surface area contributed by atoms with Crippen molar-refractivity contribution in [2.75, 3.05) is 26.7 Å². The van der Waals surface area contributed by atoms with Crippen molar-refractivity contribution in [2.45, 2.75) is 13.3 Å². The fourth-order valence-electron chi connectivity index (χ4n) is 1.89. The van der Waals surface area contributed by atoms with Crippen molar-refractivity contribution in [2.24, 2.45) is 5.92 Å². The number of nitrogens with zero attached hydrogens (tertiary/aromatic N) is 1. The van der Waals surface area contributed by atoms with Gasteiger partial charge < -0.3 is 4.74 Å². The van der Waals surface area contributed by atoms with Gasteiger partial charge in [0.05, 0.1) is 13.2 Å². The maximum atomic E-state index is 5.72. The molecule has 1 rings (SSSR count). The van der Waals surface area contributed by atoms with Crippen molar-refractivity contribution in [1.29, 1.82) is 0 Å². The van der Waals surface area contributed by atoms with Crippen LogP contribution in [-0.4, -0.2) is 31.6 Å². The summed E-state index contributed by atoms with van der Waals surface area (Å²) in [6.07, 6.45) is 20.6. The maximum absolute atomic E-state index is 5.72. The lowest BCUT2D eigenvalue weighted by atomic mass is 10.2. The Hall–Kier alpha value is -1.98. The fourth-order valence-corrected chi connectivity index (χ4v) is 1.89. The molecule has 0 spiro atoms. The molecule has 0 bridgehead atoms. The van der Waals surface area contributed by atoms with Crippen LogP contribution < -0.4 is 0 Å². The van der Waals surface area contributed by atoms with Crippen LogP contribution in [0.25, 0.3) is 0 Å². The highest BCUT2D eigenvalue weighted by molar-refractivity contribution is 5.24. The van der Waals surface area contributed by atoms with Crippen LogP contribution in [0.2, 0.25) is 0 Å². The third kappa shape index (κ3) is 8.02. The van der Waals surface area contributed by atoms with Crippen LogP contribution in [0.3, 0.4) is 0 Å². The number of hydrogen-bond acceptors (Lipinski definition) is 2. The van der Waals surface area contributed by atoms with Gasteiger partial charge in [-0.3, -0.25) is 4.90 Å². The van der Waals surface area contributed by atoms with Crippen molar-refractivity contribution in [1.82, 2.24) is 4.90 Å². The summed E-state index contributed by atoms with van der Waals surface area (Å²) in [5, 5.41) is 0. The molecule has 0 fully saturated rings. The normalized spacial score (nSPS) is 17.6. The topological polar surface area (TPSA) is 12.5 Å². The second kappa shape index (κ2) is 9.85. The first-order valence-corrected chi connectivity index (χ1v) is 7.27. The monoisotopic (exact) mass is 283 g/mol. The molecule has 0 aliphatic heterocycles. The van der Waals surface area contributed by atoms with Gasteiger partial charge in [0.25, 0.3) is 0 Å². The molecule has 1 atom stereocenters. The average Bonchev–Trinajstić information content (AvgIpc) is 2.63. The van der Waals surface area contributed by atoms with E-state index in [2.05, 4.69) is 42.6 Å². The first-order valence-electron chi connectivity index (χ1n) is 7.27. The summed E-state index contributed by atoms with van der Waals surface area (Å²) in [5.41, 5.74) is 1.05. The Morgan fingerprint density at radius 2 is 2.33 bits per heavy atom. The molecule has 0 heterocycles. The summed E-state index contributed by atoms with van der Waals surface area (Å²) in [6, 6.07) is 0. The predicted octanol–water partition coefficient (Wildman–Crippen LogP) is 3.72. The summed E-state index contributed by atoms with van der Waals surface area (Å²) >= 11 is 0. The van der Waals surface area contributed by atoms with Crippen LogP contribution in [0.15, 0.2) is 60.4 Å². The Bertz CT molecular complexity index is 488. The standard InChI is InChI=1S/C19H25NO/c1-5-14-20(4)16-18(3)9-6-7-15-21-19-11-8-10-17(2)12-13-19/h1,6,8-13,17H,3,7,14-16H2,2,4H3/b9-6+. The van der Waals surface area contributed by atoms with Gasteiger partial charge in [-0.05, 0) is 37.1 Å². The lowest BCUT2D eigenvalue weighted by Crippen LogP contribution is -2.20. The van der Waals surface area contributed by atoms with Crippen molar-refractivity contribution in [3.8, 4) is 12.3 Å². The zero-order chi connectivity index (χ0) is 15.5. The van der Waals surface area contributed by atoms with Crippen LogP contribution in [0.4, 0.5) is 0 Å². The zero-order valence-electron chi connectivity index (χ0n) is 13.1. The minimum Gasteiger partial charge on any atom is -0.493 e. The van der Waals surface area contributed by atoms with E-state index in [0.29, 0.717) is 19.1 Å². The Labute approximate surface area is 129 Å². The molecule has 1 unspecified atom stereocenters. The summed E-state index contributed by atoms with van der Waals surface area (Å²) in [6.45, 7) is 8.26. The van der Waals surface area contributed by atoms with Crippen molar-refractivity contribution < 1.29 is 4.74 Å². The highest BCUT2D eigenvalue weighted by Gasteiger charge is 1.98. The second-order valence-electron chi connectivity index (χ2n) is 5.25. The molecule has 0 N–H and O–H groups in total. The highest BCUT2D eigenvalue weighted by atomic mass is 16.5. The van der Waals surface area contributed by atoms with E-state index in [4.69, 9.17) is 11.2 Å². The van der Waals surface area contributed by atoms with Gasteiger partial charge in [-0.2, -0.15) is 0 Å². The van der Waals surface area contributed by atoms with E-state index in [0.717, 1.165) is 24.3 Å². The van der Waals surface area contributed by atoms with Gasteiger partial charge in [0.15, 0.2) is 0 Å². The molecule has 21 heavy (non-hydrogen) atoms. The SMILES string of the molecule is C#CCN(C)CC(=C)/C=C/CCOC1=CC=CC(C)C=C1. The molecule has 0 aromatic rings. The van der Waals surface area contributed by atoms with Gasteiger partial charge in [-0.15, -0.1) is 6.42 Å². The molecule has 112 valence electrons. The van der Waals surface area contributed by atoms with Crippen molar-refractivity contribution >= 4 is 0 Å². The first-order chi connectivity index (χ1) is 10.1. The number of hydrogen-bond donors (Lipinski definition) is 0. The Morgan fingerprint density at radius 3 is 3.10 bits per heavy atom. The smallest absolute Gasteiger partial charge is 0.118 e. The largest absolute Gasteiger partial charge is 0.493 e. The quantitative estimate of drug-likeness (QED) is 0.382. The van der Waals surface area contributed by atoms with Gasteiger partial charge in [0.2, 0.25) is 0 Å². The van der Waals surface area contributed by atoms with Crippen LogP contribution in [0, 0.1) is 18.3 Å². The molecular formula is C19H25NO. The van der Waals surface area contributed by atoms with E-state index in [1.165, 1.54) is 0 Å². The minimum atomic E-state index is 0.463. The van der Waals surface area contributed by atoms with Gasteiger partial charge in [-0.1, -0.05) is 49.8 Å². The summed E-state index contributed by atoms with van der Waals surface area (Å²) in [5.74, 6) is 3.99. The molecule has 2 nitrogen and oxygen atoms in total. The molecule has 2 heteroatoms. The van der Waals surface area contributed by atoms with Crippen molar-refractivity contribution in [3.63, 3.8) is 0 Å². The van der Waals surface area contributed by atoms with Gasteiger partial charge >= 0.3 is 0 Å². The van der Waals surface area contributed by atoms with E-state index >= 15 is 0 Å². The fraction of sp³-hybridized carbons (Fsp3) is 0.368. The van der Waals surface area contributed by atoms with Gasteiger partial charge in [0, 0.05) is 6.54 Å². The molecule has 0 saturated heterocycles. The van der Waals surface area contributed by atoms with Crippen molar-refractivity contribution in [3.05, 3.63) is 60.4 Å². The van der Waals surface area contributed by atoms with E-state index in [-0.39, 0.29) is 0 Å². The minimum absolute atomic E-state index is 0.463. The first kappa shape index (κ1) is 17.1.